The molecule has 0 saturated heterocycles. The lowest BCUT2D eigenvalue weighted by Crippen LogP contribution is -2.28. The minimum atomic E-state index is -5.05. The average Bonchev–Trinajstić information content (AvgIpc) is 2.74. The summed E-state index contributed by atoms with van der Waals surface area (Å²) >= 11 is 0. The van der Waals surface area contributed by atoms with E-state index in [1.807, 2.05) is 36.4 Å². The first kappa shape index (κ1) is 23.1. The van der Waals surface area contributed by atoms with Gasteiger partial charge in [0.05, 0.1) is 0 Å². The summed E-state index contributed by atoms with van der Waals surface area (Å²) in [4.78, 5) is 11.5. The Morgan fingerprint density at radius 1 is 0.935 bits per heavy atom. The van der Waals surface area contributed by atoms with Crippen LogP contribution in [0.25, 0.3) is 21.5 Å². The van der Waals surface area contributed by atoms with E-state index in [1.54, 1.807) is 6.07 Å². The van der Waals surface area contributed by atoms with Crippen LogP contribution >= 0.6 is 0 Å². The molecule has 3 aromatic carbocycles. The van der Waals surface area contributed by atoms with Crippen molar-refractivity contribution in [2.24, 2.45) is 0 Å². The number of carbonyl (C=O) groups excluding carboxylic acids is 1. The number of hydrogen-bond donors (Lipinski definition) is 1. The first-order chi connectivity index (χ1) is 14.9. The minimum absolute atomic E-state index is 0.0676. The molecular formula is C25H28F3NO2. The van der Waals surface area contributed by atoms with Crippen LogP contribution in [0.5, 0.6) is 5.75 Å². The van der Waals surface area contributed by atoms with Crippen LogP contribution in [-0.2, 0) is 11.3 Å². The fourth-order valence-corrected chi connectivity index (χ4v) is 3.86. The average molecular weight is 431 g/mol. The van der Waals surface area contributed by atoms with E-state index in [2.05, 4.69) is 12.2 Å². The first-order valence-corrected chi connectivity index (χ1v) is 10.8. The van der Waals surface area contributed by atoms with E-state index in [0.717, 1.165) is 41.1 Å². The smallest absolute Gasteiger partial charge is 0.419 e. The standard InChI is InChI=1S/C25H28F3NO2/c1-2-3-4-5-6-9-15-29-17-21-20-13-8-7-11-18(20)16-19-12-10-14-22(23(19)21)31-24(30)25(26,27)28/h7-8,10-14,16,29H,2-6,9,15,17H2,1H3. The Morgan fingerprint density at radius 3 is 2.42 bits per heavy atom. The molecule has 0 aliphatic heterocycles. The summed E-state index contributed by atoms with van der Waals surface area (Å²) < 4.78 is 43.2. The molecule has 0 aliphatic rings. The van der Waals surface area contributed by atoms with Gasteiger partial charge in [-0.25, -0.2) is 4.79 Å². The number of carbonyl (C=O) groups is 1. The molecule has 3 rings (SSSR count). The Bertz CT molecular complexity index is 1030. The fourth-order valence-electron chi connectivity index (χ4n) is 3.86. The summed E-state index contributed by atoms with van der Waals surface area (Å²) in [5.74, 6) is -2.28. The highest BCUT2D eigenvalue weighted by molar-refractivity contribution is 6.05. The maximum absolute atomic E-state index is 12.8. The molecule has 31 heavy (non-hydrogen) atoms. The van der Waals surface area contributed by atoms with Gasteiger partial charge >= 0.3 is 12.1 Å². The van der Waals surface area contributed by atoms with Gasteiger partial charge in [-0.15, -0.1) is 0 Å². The third kappa shape index (κ3) is 5.97. The monoisotopic (exact) mass is 431 g/mol. The van der Waals surface area contributed by atoms with Gasteiger partial charge < -0.3 is 10.1 Å². The van der Waals surface area contributed by atoms with Gasteiger partial charge in [0.25, 0.3) is 0 Å². The van der Waals surface area contributed by atoms with Crippen molar-refractivity contribution < 1.29 is 22.7 Å². The zero-order chi connectivity index (χ0) is 22.3. The van der Waals surface area contributed by atoms with Crippen molar-refractivity contribution in [2.45, 2.75) is 58.2 Å². The van der Waals surface area contributed by atoms with Crippen LogP contribution in [0.3, 0.4) is 0 Å². The summed E-state index contributed by atoms with van der Waals surface area (Å²) in [7, 11) is 0. The van der Waals surface area contributed by atoms with Crippen molar-refractivity contribution in [2.75, 3.05) is 6.54 Å². The highest BCUT2D eigenvalue weighted by atomic mass is 19.4. The van der Waals surface area contributed by atoms with Gasteiger partial charge in [0.1, 0.15) is 5.75 Å². The predicted octanol–water partition coefficient (Wildman–Crippen LogP) is 6.91. The van der Waals surface area contributed by atoms with E-state index in [9.17, 15) is 18.0 Å². The van der Waals surface area contributed by atoms with Gasteiger partial charge in [-0.1, -0.05) is 75.4 Å². The topological polar surface area (TPSA) is 38.3 Å². The number of halogens is 3. The first-order valence-electron chi connectivity index (χ1n) is 10.8. The Kier molecular flexibility index (Phi) is 7.91. The third-order valence-electron chi connectivity index (χ3n) is 5.40. The summed E-state index contributed by atoms with van der Waals surface area (Å²) in [6.07, 6.45) is 2.08. The van der Waals surface area contributed by atoms with Gasteiger partial charge in [0.15, 0.2) is 0 Å². The zero-order valence-corrected chi connectivity index (χ0v) is 17.7. The maximum atomic E-state index is 12.8. The molecule has 0 heterocycles. The lowest BCUT2D eigenvalue weighted by atomic mass is 9.96. The molecule has 0 radical (unpaired) electrons. The van der Waals surface area contributed by atoms with Crippen molar-refractivity contribution >= 4 is 27.5 Å². The molecule has 166 valence electrons. The summed E-state index contributed by atoms with van der Waals surface area (Å²) in [6, 6.07) is 14.5. The van der Waals surface area contributed by atoms with Crippen LogP contribution in [0.15, 0.2) is 48.5 Å². The number of rotatable bonds is 10. The molecule has 0 unspecified atom stereocenters. The normalized spacial score (nSPS) is 11.9. The van der Waals surface area contributed by atoms with Gasteiger partial charge in [-0.05, 0) is 46.8 Å². The van der Waals surface area contributed by atoms with Crippen molar-refractivity contribution in [1.29, 1.82) is 0 Å². The summed E-state index contributed by atoms with van der Waals surface area (Å²) in [5.41, 5.74) is 0.838. The van der Waals surface area contributed by atoms with Gasteiger partial charge in [0, 0.05) is 11.9 Å². The third-order valence-corrected chi connectivity index (χ3v) is 5.40. The highest BCUT2D eigenvalue weighted by Gasteiger charge is 2.41. The van der Waals surface area contributed by atoms with E-state index in [4.69, 9.17) is 4.74 Å². The largest absolute Gasteiger partial charge is 0.491 e. The summed E-state index contributed by atoms with van der Waals surface area (Å²) in [5, 5.41) is 6.62. The molecule has 0 bridgehead atoms. The van der Waals surface area contributed by atoms with E-state index < -0.39 is 12.1 Å². The number of hydrogen-bond acceptors (Lipinski definition) is 3. The molecule has 0 amide bonds. The van der Waals surface area contributed by atoms with E-state index in [0.29, 0.717) is 11.9 Å². The molecule has 0 spiro atoms. The van der Waals surface area contributed by atoms with E-state index >= 15 is 0 Å². The van der Waals surface area contributed by atoms with Crippen LogP contribution in [0.2, 0.25) is 0 Å². The molecule has 0 saturated carbocycles. The molecule has 3 aromatic rings. The number of esters is 1. The Morgan fingerprint density at radius 2 is 1.65 bits per heavy atom. The molecule has 0 aromatic heterocycles. The highest BCUT2D eigenvalue weighted by Crippen LogP contribution is 2.35. The molecule has 3 nitrogen and oxygen atoms in total. The predicted molar refractivity (Wildman–Crippen MR) is 118 cm³/mol. The molecule has 0 fully saturated rings. The number of unbranched alkanes of at least 4 members (excludes halogenated alkanes) is 5. The van der Waals surface area contributed by atoms with Crippen molar-refractivity contribution in [3.8, 4) is 5.75 Å². The molecular weight excluding hydrogens is 403 g/mol. The lowest BCUT2D eigenvalue weighted by Gasteiger charge is -2.16. The molecule has 0 aliphatic carbocycles. The molecule has 1 N–H and O–H groups in total. The molecule has 6 heteroatoms. The number of benzene rings is 3. The van der Waals surface area contributed by atoms with E-state index in [1.165, 1.54) is 31.7 Å². The Hall–Kier alpha value is -2.60. The minimum Gasteiger partial charge on any atom is -0.419 e. The second kappa shape index (κ2) is 10.6. The van der Waals surface area contributed by atoms with Gasteiger partial charge in [-0.2, -0.15) is 13.2 Å². The summed E-state index contributed by atoms with van der Waals surface area (Å²) in [6.45, 7) is 3.49. The SMILES string of the molecule is CCCCCCCCNCc1c2ccccc2cc2cccc(OC(=O)C(F)(F)F)c12. The number of ether oxygens (including phenoxy) is 1. The second-order valence-electron chi connectivity index (χ2n) is 7.76. The van der Waals surface area contributed by atoms with Crippen molar-refractivity contribution in [1.82, 2.24) is 5.32 Å². The van der Waals surface area contributed by atoms with Gasteiger partial charge in [-0.3, -0.25) is 0 Å². The molecule has 0 atom stereocenters. The van der Waals surface area contributed by atoms with Crippen molar-refractivity contribution in [3.05, 3.63) is 54.1 Å². The van der Waals surface area contributed by atoms with Crippen LogP contribution in [0.1, 0.15) is 51.0 Å². The van der Waals surface area contributed by atoms with Gasteiger partial charge in [0.2, 0.25) is 0 Å². The second-order valence-corrected chi connectivity index (χ2v) is 7.76. The number of nitrogens with one attached hydrogen (secondary N) is 1. The zero-order valence-electron chi connectivity index (χ0n) is 17.7. The van der Waals surface area contributed by atoms with Crippen LogP contribution in [0, 0.1) is 0 Å². The lowest BCUT2D eigenvalue weighted by molar-refractivity contribution is -0.189. The Labute approximate surface area is 180 Å². The van der Waals surface area contributed by atoms with Crippen molar-refractivity contribution in [3.63, 3.8) is 0 Å². The van der Waals surface area contributed by atoms with Crippen LogP contribution < -0.4 is 10.1 Å². The quantitative estimate of drug-likeness (QED) is 0.164. The van der Waals surface area contributed by atoms with E-state index in [-0.39, 0.29) is 5.75 Å². The maximum Gasteiger partial charge on any atom is 0.491 e. The fraction of sp³-hybridized carbons (Fsp3) is 0.400. The number of fused-ring (bicyclic) bond motifs is 2. The Balaban J connectivity index is 1.86. The number of alkyl halides is 3. The van der Waals surface area contributed by atoms with Crippen LogP contribution in [-0.4, -0.2) is 18.7 Å². The van der Waals surface area contributed by atoms with Crippen LogP contribution in [0.4, 0.5) is 13.2 Å².